The predicted molar refractivity (Wildman–Crippen MR) is 395 cm³/mol. The minimum Gasteiger partial charge on any atom is -0.486 e. The number of nitrogens with zero attached hydrogens (tertiary/aromatic N) is 3. The third-order valence-corrected chi connectivity index (χ3v) is 20.6. The van der Waals surface area contributed by atoms with Gasteiger partial charge in [0.2, 0.25) is 0 Å². The van der Waals surface area contributed by atoms with E-state index in [9.17, 15) is 0 Å². The summed E-state index contributed by atoms with van der Waals surface area (Å²) in [5.41, 5.74) is 26.7. The zero-order valence-electron chi connectivity index (χ0n) is 55.6. The molecular weight excluding hydrogens is 1150 g/mol. The smallest absolute Gasteiger partial charge is 0.252 e. The van der Waals surface area contributed by atoms with Crippen molar-refractivity contribution in [2.45, 2.75) is 97.8 Å². The van der Waals surface area contributed by atoms with Crippen LogP contribution < -0.4 is 40.6 Å². The molecule has 1 aromatic heterocycles. The van der Waals surface area contributed by atoms with Crippen LogP contribution >= 0.6 is 0 Å². The summed E-state index contributed by atoms with van der Waals surface area (Å²) in [6.45, 7) is 26.4. The van der Waals surface area contributed by atoms with E-state index in [0.29, 0.717) is 13.2 Å². The van der Waals surface area contributed by atoms with Gasteiger partial charge in [-0.15, -0.1) is 0 Å². The molecule has 3 aliphatic heterocycles. The average molecular weight is 1220 g/mol. The summed E-state index contributed by atoms with van der Waals surface area (Å²) in [7, 11) is 0. The molecule has 0 radical (unpaired) electrons. The van der Waals surface area contributed by atoms with Crippen molar-refractivity contribution in [3.63, 3.8) is 0 Å². The maximum Gasteiger partial charge on any atom is 0.252 e. The molecule has 0 atom stereocenters. The van der Waals surface area contributed by atoms with Gasteiger partial charge >= 0.3 is 0 Å². The van der Waals surface area contributed by atoms with E-state index >= 15 is 0 Å². The molecule has 0 amide bonds. The highest BCUT2D eigenvalue weighted by molar-refractivity contribution is 7.00. The number of hydrogen-bond donors (Lipinski definition) is 0. The highest BCUT2D eigenvalue weighted by atomic mass is 16.6. The van der Waals surface area contributed by atoms with Crippen LogP contribution in [-0.2, 0) is 21.7 Å². The van der Waals surface area contributed by atoms with E-state index in [1.807, 2.05) is 12.1 Å². The predicted octanol–water partition coefficient (Wildman–Crippen LogP) is 21.6. The number of hydrogen-bond acceptors (Lipinski definition) is 6. The van der Waals surface area contributed by atoms with Crippen LogP contribution in [0.25, 0.3) is 66.1 Å². The van der Waals surface area contributed by atoms with Crippen LogP contribution in [0.3, 0.4) is 0 Å². The minimum atomic E-state index is -0.233. The van der Waals surface area contributed by atoms with Gasteiger partial charge in [0.15, 0.2) is 11.5 Å². The van der Waals surface area contributed by atoms with Crippen LogP contribution in [0.2, 0.25) is 0 Å². The number of para-hydroxylation sites is 1. The van der Waals surface area contributed by atoms with Crippen molar-refractivity contribution in [3.8, 4) is 45.1 Å². The van der Waals surface area contributed by atoms with Gasteiger partial charge in [-0.25, -0.2) is 0 Å². The highest BCUT2D eigenvalue weighted by Gasteiger charge is 2.46. The first-order chi connectivity index (χ1) is 45.2. The normalized spacial score (nSPS) is 14.4. The Kier molecular flexibility index (Phi) is 12.8. The standard InChI is InChI=1S/C87H76BN3O3/c1-84(2,3)59-29-37-63(38-30-59)90-73-41-33-61(86(7,8)9)49-71(73)88-72-51-80-81(93-43-42-92-80)52-75(72)91(64-39-31-60(32-40-64)85(4,5)6)77-47-58(46-76(90)83(77)88)53-26-34-62(35-27-53)89(65-36-28-54-44-57(25-24-55(54)45-65)79-48-56-18-12-17-23-78(56)94-79)74-50-70-82(67-20-14-13-19-66(67)74)68-21-15-16-22-69(68)87(70,10)11/h12-41,44-52H,42-43H2,1-11H3. The SMILES string of the molecule is CC(C)(C)c1ccc(N2c3ccc(C(C)(C)C)cc3B3c4cc5c(cc4N(c4ccc(C(C)(C)C)cc4)c4cc(-c6ccc(N(c7ccc8cc(-c9cc%10ccccc%10o9)ccc8c7)c7cc8c(c9ccccc79)-c7ccccc7C8(C)C)cc6)cc2c43)OCCO5)cc1. The first-order valence-electron chi connectivity index (χ1n) is 33.4. The van der Waals surface area contributed by atoms with Gasteiger partial charge in [-0.3, -0.25) is 0 Å². The van der Waals surface area contributed by atoms with E-state index in [4.69, 9.17) is 13.9 Å². The van der Waals surface area contributed by atoms with Gasteiger partial charge in [0.05, 0.1) is 5.69 Å². The molecule has 0 spiro atoms. The van der Waals surface area contributed by atoms with Gasteiger partial charge in [-0.05, 0) is 196 Å². The van der Waals surface area contributed by atoms with E-state index in [1.165, 1.54) is 71.8 Å². The maximum absolute atomic E-state index is 6.52. The van der Waals surface area contributed by atoms with Crippen LogP contribution in [0, 0.1) is 0 Å². The average Bonchev–Trinajstić information content (AvgIpc) is 0.787. The molecule has 0 saturated carbocycles. The van der Waals surface area contributed by atoms with Crippen LogP contribution in [-0.4, -0.2) is 19.9 Å². The summed E-state index contributed by atoms with van der Waals surface area (Å²) in [5.74, 6) is 2.42. The van der Waals surface area contributed by atoms with Crippen molar-refractivity contribution in [2.24, 2.45) is 0 Å². The van der Waals surface area contributed by atoms with Gasteiger partial charge in [0, 0.05) is 73.3 Å². The fourth-order valence-electron chi connectivity index (χ4n) is 15.5. The molecule has 0 unspecified atom stereocenters. The molecule has 460 valence electrons. The van der Waals surface area contributed by atoms with Crippen LogP contribution in [0.15, 0.2) is 241 Å². The number of fused-ring (bicyclic) bond motifs is 12. The lowest BCUT2D eigenvalue weighted by Crippen LogP contribution is -2.61. The lowest BCUT2D eigenvalue weighted by Gasteiger charge is -2.45. The summed E-state index contributed by atoms with van der Waals surface area (Å²) in [6, 6.07) is 89.2. The van der Waals surface area contributed by atoms with Crippen molar-refractivity contribution >= 4 is 107 Å². The molecule has 94 heavy (non-hydrogen) atoms. The quantitative estimate of drug-likeness (QED) is 0.148. The highest BCUT2D eigenvalue weighted by Crippen LogP contribution is 2.56. The zero-order valence-corrected chi connectivity index (χ0v) is 55.6. The molecule has 4 heterocycles. The Morgan fingerprint density at radius 2 is 0.979 bits per heavy atom. The Bertz CT molecular complexity index is 5220. The summed E-state index contributed by atoms with van der Waals surface area (Å²) in [5, 5.41) is 5.83. The summed E-state index contributed by atoms with van der Waals surface area (Å²) in [6.07, 6.45) is 0. The van der Waals surface area contributed by atoms with E-state index in [2.05, 4.69) is 315 Å². The number of anilines is 9. The topological polar surface area (TPSA) is 41.3 Å². The number of ether oxygens (including phenoxy) is 2. The van der Waals surface area contributed by atoms with E-state index in [0.717, 1.165) is 101 Å². The Morgan fingerprint density at radius 1 is 0.415 bits per heavy atom. The van der Waals surface area contributed by atoms with Gasteiger partial charge in [-0.2, -0.15) is 0 Å². The molecule has 12 aromatic carbocycles. The second-order valence-corrected chi connectivity index (χ2v) is 30.0. The minimum absolute atomic E-state index is 0.0189. The van der Waals surface area contributed by atoms with E-state index < -0.39 is 0 Å². The molecule has 13 aromatic rings. The molecule has 0 saturated heterocycles. The largest absolute Gasteiger partial charge is 0.486 e. The molecule has 6 nitrogen and oxygen atoms in total. The molecular formula is C87H76BN3O3. The van der Waals surface area contributed by atoms with Gasteiger partial charge in [0.25, 0.3) is 6.71 Å². The van der Waals surface area contributed by atoms with Gasteiger partial charge < -0.3 is 28.6 Å². The van der Waals surface area contributed by atoms with Crippen molar-refractivity contribution in [2.75, 3.05) is 27.9 Å². The first kappa shape index (κ1) is 57.6. The maximum atomic E-state index is 6.52. The Balaban J connectivity index is 0.883. The molecule has 0 N–H and O–H groups in total. The molecule has 1 aliphatic carbocycles. The summed E-state index contributed by atoms with van der Waals surface area (Å²) < 4.78 is 19.4. The molecule has 0 bridgehead atoms. The molecule has 17 rings (SSSR count). The fraction of sp³-hybridized carbons (Fsp3) is 0.195. The van der Waals surface area contributed by atoms with Gasteiger partial charge in [0.1, 0.15) is 24.6 Å². The summed E-state index contributed by atoms with van der Waals surface area (Å²) >= 11 is 0. The first-order valence-corrected chi connectivity index (χ1v) is 33.4. The van der Waals surface area contributed by atoms with Crippen molar-refractivity contribution in [1.82, 2.24) is 0 Å². The lowest BCUT2D eigenvalue weighted by atomic mass is 9.33. The molecule has 0 fully saturated rings. The third kappa shape index (κ3) is 9.20. The fourth-order valence-corrected chi connectivity index (χ4v) is 15.5. The molecule has 4 aliphatic rings. The van der Waals surface area contributed by atoms with Crippen LogP contribution in [0.1, 0.15) is 104 Å². The second-order valence-electron chi connectivity index (χ2n) is 30.0. The third-order valence-electron chi connectivity index (χ3n) is 20.6. The number of furan rings is 1. The van der Waals surface area contributed by atoms with E-state index in [-0.39, 0.29) is 28.4 Å². The van der Waals surface area contributed by atoms with Crippen molar-refractivity contribution < 1.29 is 13.9 Å². The Morgan fingerprint density at radius 3 is 1.66 bits per heavy atom. The van der Waals surface area contributed by atoms with Crippen molar-refractivity contribution in [3.05, 3.63) is 264 Å². The summed E-state index contributed by atoms with van der Waals surface area (Å²) in [4.78, 5) is 7.55. The van der Waals surface area contributed by atoms with Crippen LogP contribution in [0.5, 0.6) is 11.5 Å². The van der Waals surface area contributed by atoms with Crippen LogP contribution in [0.4, 0.5) is 51.2 Å². The second kappa shape index (κ2) is 20.9. The van der Waals surface area contributed by atoms with Crippen molar-refractivity contribution in [1.29, 1.82) is 0 Å². The van der Waals surface area contributed by atoms with Gasteiger partial charge in [-0.1, -0.05) is 210 Å². The Hall–Kier alpha value is -10.2. The number of rotatable bonds is 7. The lowest BCUT2D eigenvalue weighted by molar-refractivity contribution is 0.172. The van der Waals surface area contributed by atoms with E-state index in [1.54, 1.807) is 0 Å². The number of benzene rings is 12. The molecule has 7 heteroatoms. The zero-order chi connectivity index (χ0) is 64.3. The monoisotopic (exact) mass is 1220 g/mol. The Labute approximate surface area is 552 Å².